The normalized spacial score (nSPS) is 10.3. The third-order valence-electron chi connectivity index (χ3n) is 3.16. The summed E-state index contributed by atoms with van der Waals surface area (Å²) in [5.41, 5.74) is 2.40. The summed E-state index contributed by atoms with van der Waals surface area (Å²) in [5, 5.41) is 6.50. The van der Waals surface area contributed by atoms with Gasteiger partial charge in [0.25, 0.3) is 0 Å². The van der Waals surface area contributed by atoms with Crippen LogP contribution in [-0.4, -0.2) is 17.0 Å². The maximum atomic E-state index is 4.58. The van der Waals surface area contributed by atoms with Crippen LogP contribution in [0, 0.1) is 0 Å². The fraction of sp³-hybridized carbons (Fsp3) is 0.375. The van der Waals surface area contributed by atoms with E-state index >= 15 is 0 Å². The number of aromatic nitrogens is 2. The lowest BCUT2D eigenvalue weighted by Gasteiger charge is -2.12. The van der Waals surface area contributed by atoms with Crippen LogP contribution in [0.3, 0.4) is 0 Å². The second kappa shape index (κ2) is 6.89. The number of aryl methyl sites for hydroxylation is 2. The lowest BCUT2D eigenvalue weighted by molar-refractivity contribution is 0.838. The maximum Gasteiger partial charge on any atom is 0.136 e. The van der Waals surface area contributed by atoms with Crippen molar-refractivity contribution < 1.29 is 0 Å². The minimum absolute atomic E-state index is 0.841. The first-order valence-corrected chi connectivity index (χ1v) is 7.17. The van der Waals surface area contributed by atoms with Gasteiger partial charge in [-0.15, -0.1) is 0 Å². The van der Waals surface area contributed by atoms with E-state index < -0.39 is 0 Å². The van der Waals surface area contributed by atoms with Crippen molar-refractivity contribution in [2.24, 2.45) is 0 Å². The Morgan fingerprint density at radius 3 is 2.50 bits per heavy atom. The van der Waals surface area contributed by atoms with Crippen LogP contribution in [0.2, 0.25) is 0 Å². The SMILES string of the molecule is CCCc1nc(NC)cc(Nc2ccccc2CC)n1. The van der Waals surface area contributed by atoms with Gasteiger partial charge in [-0.25, -0.2) is 9.97 Å². The van der Waals surface area contributed by atoms with Crippen molar-refractivity contribution in [2.75, 3.05) is 17.7 Å². The predicted octanol–water partition coefficient (Wildman–Crippen LogP) is 3.78. The van der Waals surface area contributed by atoms with E-state index in [9.17, 15) is 0 Å². The third-order valence-corrected chi connectivity index (χ3v) is 3.16. The van der Waals surface area contributed by atoms with Crippen LogP contribution in [0.15, 0.2) is 30.3 Å². The molecule has 4 heteroatoms. The van der Waals surface area contributed by atoms with Gasteiger partial charge in [-0.05, 0) is 24.5 Å². The van der Waals surface area contributed by atoms with Gasteiger partial charge in [-0.3, -0.25) is 0 Å². The van der Waals surface area contributed by atoms with Crippen molar-refractivity contribution in [2.45, 2.75) is 33.1 Å². The quantitative estimate of drug-likeness (QED) is 0.838. The van der Waals surface area contributed by atoms with E-state index in [0.29, 0.717) is 0 Å². The Hall–Kier alpha value is -2.10. The molecule has 0 spiro atoms. The van der Waals surface area contributed by atoms with Crippen LogP contribution in [0.4, 0.5) is 17.3 Å². The lowest BCUT2D eigenvalue weighted by Crippen LogP contribution is -2.04. The first-order valence-electron chi connectivity index (χ1n) is 7.17. The van der Waals surface area contributed by atoms with Crippen LogP contribution in [0.25, 0.3) is 0 Å². The van der Waals surface area contributed by atoms with E-state index in [2.05, 4.69) is 52.6 Å². The van der Waals surface area contributed by atoms with Crippen LogP contribution in [-0.2, 0) is 12.8 Å². The van der Waals surface area contributed by atoms with Gasteiger partial charge in [-0.1, -0.05) is 32.0 Å². The van der Waals surface area contributed by atoms with Gasteiger partial charge in [-0.2, -0.15) is 0 Å². The molecule has 0 fully saturated rings. The number of nitrogens with zero attached hydrogens (tertiary/aromatic N) is 2. The molecule has 0 unspecified atom stereocenters. The minimum Gasteiger partial charge on any atom is -0.373 e. The average molecular weight is 270 g/mol. The number of anilines is 3. The van der Waals surface area contributed by atoms with Crippen molar-refractivity contribution in [3.05, 3.63) is 41.7 Å². The Morgan fingerprint density at radius 2 is 1.80 bits per heavy atom. The summed E-state index contributed by atoms with van der Waals surface area (Å²) >= 11 is 0. The Labute approximate surface area is 120 Å². The van der Waals surface area contributed by atoms with E-state index in [-0.39, 0.29) is 0 Å². The zero-order valence-electron chi connectivity index (χ0n) is 12.4. The molecule has 2 N–H and O–H groups in total. The zero-order valence-corrected chi connectivity index (χ0v) is 12.4. The Kier molecular flexibility index (Phi) is 4.93. The molecule has 0 saturated carbocycles. The molecule has 0 radical (unpaired) electrons. The average Bonchev–Trinajstić information content (AvgIpc) is 2.48. The minimum atomic E-state index is 0.841. The topological polar surface area (TPSA) is 49.8 Å². The molecule has 0 amide bonds. The molecular weight excluding hydrogens is 248 g/mol. The molecule has 2 aromatic rings. The van der Waals surface area contributed by atoms with E-state index in [1.165, 1.54) is 5.56 Å². The molecule has 1 aromatic heterocycles. The van der Waals surface area contributed by atoms with Crippen LogP contribution >= 0.6 is 0 Å². The molecule has 0 saturated heterocycles. The van der Waals surface area contributed by atoms with Gasteiger partial charge in [0, 0.05) is 25.2 Å². The van der Waals surface area contributed by atoms with Gasteiger partial charge in [0.05, 0.1) is 0 Å². The molecular formula is C16H22N4. The molecule has 1 heterocycles. The number of benzene rings is 1. The summed E-state index contributed by atoms with van der Waals surface area (Å²) in [5.74, 6) is 2.56. The smallest absolute Gasteiger partial charge is 0.136 e. The largest absolute Gasteiger partial charge is 0.373 e. The number of para-hydroxylation sites is 1. The predicted molar refractivity (Wildman–Crippen MR) is 84.7 cm³/mol. The number of hydrogen-bond acceptors (Lipinski definition) is 4. The standard InChI is InChI=1S/C16H22N4/c1-4-8-14-19-15(17-3)11-16(20-14)18-13-10-7-6-9-12(13)5-2/h6-7,9-11H,4-5,8H2,1-3H3,(H2,17,18,19,20). The Bertz CT molecular complexity index is 566. The highest BCUT2D eigenvalue weighted by molar-refractivity contribution is 5.62. The highest BCUT2D eigenvalue weighted by Gasteiger charge is 2.05. The first kappa shape index (κ1) is 14.3. The van der Waals surface area contributed by atoms with Crippen LogP contribution < -0.4 is 10.6 Å². The molecule has 20 heavy (non-hydrogen) atoms. The lowest BCUT2D eigenvalue weighted by atomic mass is 10.1. The van der Waals surface area contributed by atoms with E-state index in [1.807, 2.05) is 19.2 Å². The second-order valence-electron chi connectivity index (χ2n) is 4.69. The third kappa shape index (κ3) is 3.47. The maximum absolute atomic E-state index is 4.58. The van der Waals surface area contributed by atoms with Crippen molar-refractivity contribution in [3.8, 4) is 0 Å². The fourth-order valence-electron chi connectivity index (χ4n) is 2.11. The molecule has 2 rings (SSSR count). The van der Waals surface area contributed by atoms with Crippen LogP contribution in [0.5, 0.6) is 0 Å². The molecule has 106 valence electrons. The number of hydrogen-bond donors (Lipinski definition) is 2. The van der Waals surface area contributed by atoms with Crippen LogP contribution in [0.1, 0.15) is 31.7 Å². The van der Waals surface area contributed by atoms with E-state index in [1.54, 1.807) is 0 Å². The molecule has 0 aliphatic carbocycles. The molecule has 4 nitrogen and oxygen atoms in total. The van der Waals surface area contributed by atoms with Gasteiger partial charge >= 0.3 is 0 Å². The monoisotopic (exact) mass is 270 g/mol. The van der Waals surface area contributed by atoms with Crippen molar-refractivity contribution >= 4 is 17.3 Å². The van der Waals surface area contributed by atoms with Gasteiger partial charge in [0.2, 0.25) is 0 Å². The molecule has 0 aliphatic rings. The highest BCUT2D eigenvalue weighted by atomic mass is 15.1. The van der Waals surface area contributed by atoms with Crippen molar-refractivity contribution in [1.82, 2.24) is 9.97 Å². The molecule has 0 bridgehead atoms. The molecule has 0 atom stereocenters. The van der Waals surface area contributed by atoms with Gasteiger partial charge < -0.3 is 10.6 Å². The van der Waals surface area contributed by atoms with Crippen molar-refractivity contribution in [1.29, 1.82) is 0 Å². The van der Waals surface area contributed by atoms with E-state index in [0.717, 1.165) is 42.4 Å². The summed E-state index contributed by atoms with van der Waals surface area (Å²) in [4.78, 5) is 9.04. The summed E-state index contributed by atoms with van der Waals surface area (Å²) in [6.07, 6.45) is 2.92. The van der Waals surface area contributed by atoms with Crippen molar-refractivity contribution in [3.63, 3.8) is 0 Å². The molecule has 1 aromatic carbocycles. The van der Waals surface area contributed by atoms with Gasteiger partial charge in [0.15, 0.2) is 0 Å². The summed E-state index contributed by atoms with van der Waals surface area (Å²) in [6.45, 7) is 4.29. The zero-order chi connectivity index (χ0) is 14.4. The number of rotatable bonds is 6. The van der Waals surface area contributed by atoms with Gasteiger partial charge in [0.1, 0.15) is 17.5 Å². The fourth-order valence-corrected chi connectivity index (χ4v) is 2.11. The summed E-state index contributed by atoms with van der Waals surface area (Å²) in [6, 6.07) is 10.3. The summed E-state index contributed by atoms with van der Waals surface area (Å²) in [7, 11) is 1.88. The molecule has 0 aliphatic heterocycles. The highest BCUT2D eigenvalue weighted by Crippen LogP contribution is 2.21. The second-order valence-corrected chi connectivity index (χ2v) is 4.69. The Morgan fingerprint density at radius 1 is 1.05 bits per heavy atom. The first-order chi connectivity index (χ1) is 9.76. The Balaban J connectivity index is 2.30. The summed E-state index contributed by atoms with van der Waals surface area (Å²) < 4.78 is 0. The number of nitrogens with one attached hydrogen (secondary N) is 2. The van der Waals surface area contributed by atoms with E-state index in [4.69, 9.17) is 0 Å².